The smallest absolute Gasteiger partial charge is 0.242 e. The van der Waals surface area contributed by atoms with Crippen molar-refractivity contribution in [2.45, 2.75) is 33.2 Å². The van der Waals surface area contributed by atoms with E-state index >= 15 is 0 Å². The number of halogens is 1. The van der Waals surface area contributed by atoms with Gasteiger partial charge in [0.05, 0.1) is 12.6 Å². The van der Waals surface area contributed by atoms with E-state index < -0.39 is 5.41 Å². The van der Waals surface area contributed by atoms with E-state index in [1.54, 1.807) is 4.90 Å². The third-order valence-electron chi connectivity index (χ3n) is 4.43. The fourth-order valence-electron chi connectivity index (χ4n) is 3.32. The molecule has 1 aromatic carbocycles. The van der Waals surface area contributed by atoms with E-state index in [-0.39, 0.29) is 24.4 Å². The van der Waals surface area contributed by atoms with Gasteiger partial charge in [0.2, 0.25) is 11.8 Å². The van der Waals surface area contributed by atoms with Crippen LogP contribution in [0.5, 0.6) is 0 Å². The van der Waals surface area contributed by atoms with Crippen molar-refractivity contribution in [1.82, 2.24) is 9.80 Å². The Labute approximate surface area is 136 Å². The lowest BCUT2D eigenvalue weighted by Gasteiger charge is -2.45. The summed E-state index contributed by atoms with van der Waals surface area (Å²) < 4.78 is 0. The molecule has 1 atom stereocenters. The fraction of sp³-hybridized carbons (Fsp3) is 0.529. The molecule has 0 saturated carbocycles. The van der Waals surface area contributed by atoms with Crippen molar-refractivity contribution in [1.29, 1.82) is 0 Å². The van der Waals surface area contributed by atoms with Crippen molar-refractivity contribution < 1.29 is 9.59 Å². The van der Waals surface area contributed by atoms with E-state index in [1.807, 2.05) is 43.9 Å². The average Bonchev–Trinajstić information content (AvgIpc) is 2.45. The molecule has 5 heteroatoms. The van der Waals surface area contributed by atoms with Crippen LogP contribution in [0.3, 0.4) is 0 Å². The Kier molecular flexibility index (Phi) is 3.68. The summed E-state index contributed by atoms with van der Waals surface area (Å²) in [6.45, 7) is 7.11. The summed E-state index contributed by atoms with van der Waals surface area (Å²) in [6.07, 6.45) is 0.849. The van der Waals surface area contributed by atoms with Crippen LogP contribution in [0.15, 0.2) is 18.2 Å². The number of carbonyl (C=O) groups excluding carboxylic acids is 2. The van der Waals surface area contributed by atoms with Crippen LogP contribution in [0.2, 0.25) is 5.02 Å². The van der Waals surface area contributed by atoms with Gasteiger partial charge < -0.3 is 9.80 Å². The topological polar surface area (TPSA) is 40.6 Å². The Morgan fingerprint density at radius 2 is 2.05 bits per heavy atom. The van der Waals surface area contributed by atoms with Crippen LogP contribution < -0.4 is 0 Å². The summed E-state index contributed by atoms with van der Waals surface area (Å²) in [4.78, 5) is 28.6. The highest BCUT2D eigenvalue weighted by atomic mass is 35.5. The molecule has 0 aromatic heterocycles. The van der Waals surface area contributed by atoms with E-state index in [1.165, 1.54) is 5.56 Å². The largest absolute Gasteiger partial charge is 0.332 e. The molecule has 118 valence electrons. The Morgan fingerprint density at radius 1 is 1.32 bits per heavy atom. The molecule has 1 saturated heterocycles. The molecule has 22 heavy (non-hydrogen) atoms. The van der Waals surface area contributed by atoms with Crippen LogP contribution >= 0.6 is 11.6 Å². The zero-order chi connectivity index (χ0) is 16.1. The quantitative estimate of drug-likeness (QED) is 0.737. The SMILES string of the molecule is CC(C)(C)C(=O)N1CC(=O)N2CCc3ccc(Cl)cc3C2C1. The second-order valence-corrected chi connectivity index (χ2v) is 7.57. The highest BCUT2D eigenvalue weighted by molar-refractivity contribution is 6.30. The average molecular weight is 321 g/mol. The lowest BCUT2D eigenvalue weighted by atomic mass is 9.89. The highest BCUT2D eigenvalue weighted by Crippen LogP contribution is 2.35. The van der Waals surface area contributed by atoms with Crippen LogP contribution in [0.1, 0.15) is 37.9 Å². The molecule has 1 unspecified atom stereocenters. The van der Waals surface area contributed by atoms with Gasteiger partial charge in [0.1, 0.15) is 0 Å². The number of nitrogens with zero attached hydrogens (tertiary/aromatic N) is 2. The molecule has 0 bridgehead atoms. The predicted octanol–water partition coefficient (Wildman–Crippen LogP) is 2.65. The number of fused-ring (bicyclic) bond motifs is 3. The molecule has 4 nitrogen and oxygen atoms in total. The standard InChI is InChI=1S/C17H21ClN2O2/c1-17(2,3)16(22)19-9-14-13-8-12(18)5-4-11(13)6-7-20(14)15(21)10-19/h4-5,8,14H,6-7,9-10H2,1-3H3. The van der Waals surface area contributed by atoms with Gasteiger partial charge in [-0.1, -0.05) is 38.4 Å². The van der Waals surface area contributed by atoms with Crippen LogP contribution in [-0.2, 0) is 16.0 Å². The number of rotatable bonds is 0. The van der Waals surface area contributed by atoms with Crippen LogP contribution in [0, 0.1) is 5.41 Å². The highest BCUT2D eigenvalue weighted by Gasteiger charge is 2.40. The van der Waals surface area contributed by atoms with Gasteiger partial charge in [-0.25, -0.2) is 0 Å². The van der Waals surface area contributed by atoms with Crippen LogP contribution in [0.4, 0.5) is 0 Å². The molecular weight excluding hydrogens is 300 g/mol. The van der Waals surface area contributed by atoms with Gasteiger partial charge in [-0.15, -0.1) is 0 Å². The van der Waals surface area contributed by atoms with Gasteiger partial charge in [0.25, 0.3) is 0 Å². The van der Waals surface area contributed by atoms with E-state index in [2.05, 4.69) is 0 Å². The van der Waals surface area contributed by atoms with Gasteiger partial charge in [0, 0.05) is 23.5 Å². The van der Waals surface area contributed by atoms with Crippen molar-refractivity contribution in [2.75, 3.05) is 19.6 Å². The van der Waals surface area contributed by atoms with Crippen molar-refractivity contribution in [2.24, 2.45) is 5.41 Å². The Morgan fingerprint density at radius 3 is 2.73 bits per heavy atom. The molecule has 2 aliphatic rings. The van der Waals surface area contributed by atoms with E-state index in [4.69, 9.17) is 11.6 Å². The molecule has 2 aliphatic heterocycles. The van der Waals surface area contributed by atoms with Crippen molar-refractivity contribution >= 4 is 23.4 Å². The van der Waals surface area contributed by atoms with Crippen molar-refractivity contribution in [3.05, 3.63) is 34.3 Å². The first kappa shape index (κ1) is 15.3. The number of piperazine rings is 1. The van der Waals surface area contributed by atoms with E-state index in [0.717, 1.165) is 18.5 Å². The third-order valence-corrected chi connectivity index (χ3v) is 4.67. The summed E-state index contributed by atoms with van der Waals surface area (Å²) in [5, 5.41) is 0.673. The molecule has 0 N–H and O–H groups in total. The molecular formula is C17H21ClN2O2. The molecule has 1 aromatic rings. The minimum absolute atomic E-state index is 0.0228. The van der Waals surface area contributed by atoms with Gasteiger partial charge in [0.15, 0.2) is 0 Å². The second kappa shape index (κ2) is 5.27. The minimum atomic E-state index is -0.478. The van der Waals surface area contributed by atoms with Gasteiger partial charge in [-0.3, -0.25) is 9.59 Å². The number of hydrogen-bond donors (Lipinski definition) is 0. The van der Waals surface area contributed by atoms with Crippen molar-refractivity contribution in [3.63, 3.8) is 0 Å². The van der Waals surface area contributed by atoms with Gasteiger partial charge >= 0.3 is 0 Å². The summed E-state index contributed by atoms with van der Waals surface area (Å²) >= 11 is 6.13. The Balaban J connectivity index is 1.95. The summed E-state index contributed by atoms with van der Waals surface area (Å²) in [5.74, 6) is 0.0501. The number of hydrogen-bond acceptors (Lipinski definition) is 2. The third kappa shape index (κ3) is 2.60. The summed E-state index contributed by atoms with van der Waals surface area (Å²) in [6, 6.07) is 5.78. The molecule has 0 spiro atoms. The van der Waals surface area contributed by atoms with Crippen LogP contribution in [0.25, 0.3) is 0 Å². The monoisotopic (exact) mass is 320 g/mol. The van der Waals surface area contributed by atoms with Gasteiger partial charge in [-0.2, -0.15) is 0 Å². The summed E-state index contributed by atoms with van der Waals surface area (Å²) in [5.41, 5.74) is 1.83. The molecule has 0 aliphatic carbocycles. The fourth-order valence-corrected chi connectivity index (χ4v) is 3.50. The Hall–Kier alpha value is -1.55. The molecule has 0 radical (unpaired) electrons. The summed E-state index contributed by atoms with van der Waals surface area (Å²) in [7, 11) is 0. The second-order valence-electron chi connectivity index (χ2n) is 7.13. The molecule has 2 heterocycles. The number of benzene rings is 1. The maximum Gasteiger partial charge on any atom is 0.242 e. The zero-order valence-electron chi connectivity index (χ0n) is 13.2. The molecule has 3 rings (SSSR count). The van der Waals surface area contributed by atoms with Gasteiger partial charge in [-0.05, 0) is 29.7 Å². The Bertz CT molecular complexity index is 636. The van der Waals surface area contributed by atoms with E-state index in [0.29, 0.717) is 11.6 Å². The molecule has 1 fully saturated rings. The zero-order valence-corrected chi connectivity index (χ0v) is 14.0. The van der Waals surface area contributed by atoms with E-state index in [9.17, 15) is 9.59 Å². The maximum atomic E-state index is 12.5. The lowest BCUT2D eigenvalue weighted by molar-refractivity contribution is -0.153. The minimum Gasteiger partial charge on any atom is -0.332 e. The normalized spacial score (nSPS) is 21.5. The maximum absolute atomic E-state index is 12.5. The van der Waals surface area contributed by atoms with Crippen LogP contribution in [-0.4, -0.2) is 41.2 Å². The first-order valence-corrected chi connectivity index (χ1v) is 8.02. The van der Waals surface area contributed by atoms with Crippen molar-refractivity contribution in [3.8, 4) is 0 Å². The first-order valence-electron chi connectivity index (χ1n) is 7.64. The number of carbonyl (C=O) groups is 2. The predicted molar refractivity (Wildman–Crippen MR) is 85.6 cm³/mol. The number of amides is 2. The lowest BCUT2D eigenvalue weighted by Crippen LogP contribution is -2.57. The molecule has 2 amide bonds. The first-order chi connectivity index (χ1) is 10.3.